The average Bonchev–Trinajstić information content (AvgIpc) is 2.51. The number of fused-ring (bicyclic) bond motifs is 1. The van der Waals surface area contributed by atoms with Gasteiger partial charge in [0.1, 0.15) is 10.3 Å². The molecule has 3 N–H and O–H groups in total. The maximum atomic E-state index is 11.9. The zero-order valence-corrected chi connectivity index (χ0v) is 14.1. The van der Waals surface area contributed by atoms with Gasteiger partial charge in [0.05, 0.1) is 11.2 Å². The largest absolute Gasteiger partial charge is 0.350 e. The number of carbonyl (C=O) groups is 1. The van der Waals surface area contributed by atoms with E-state index in [4.69, 9.17) is 28.9 Å². The minimum absolute atomic E-state index is 0.192. The number of amides is 2. The van der Waals surface area contributed by atoms with Crippen LogP contribution in [-0.4, -0.2) is 16.0 Å². The first kappa shape index (κ1) is 16.3. The van der Waals surface area contributed by atoms with Crippen molar-refractivity contribution < 1.29 is 4.79 Å². The lowest BCUT2D eigenvalue weighted by Gasteiger charge is -2.22. The first-order valence-electron chi connectivity index (χ1n) is 7.00. The number of hydrogen-bond acceptors (Lipinski definition) is 4. The van der Waals surface area contributed by atoms with Gasteiger partial charge in [-0.3, -0.25) is 5.43 Å². The van der Waals surface area contributed by atoms with Crippen LogP contribution in [0.25, 0.3) is 10.9 Å². The number of primary amides is 1. The van der Waals surface area contributed by atoms with Crippen molar-refractivity contribution in [3.63, 3.8) is 0 Å². The summed E-state index contributed by atoms with van der Waals surface area (Å²) in [5.41, 5.74) is 10.5. The number of nitrogens with zero attached hydrogens (tertiary/aromatic N) is 3. The molecule has 8 heteroatoms. The number of halogens is 2. The molecule has 122 valence electrons. The lowest BCUT2D eigenvalue weighted by Crippen LogP contribution is -2.41. The van der Waals surface area contributed by atoms with Crippen LogP contribution >= 0.6 is 23.2 Å². The molecule has 0 radical (unpaired) electrons. The number of para-hydroxylation sites is 1. The van der Waals surface area contributed by atoms with Crippen LogP contribution in [0.15, 0.2) is 42.5 Å². The Morgan fingerprint density at radius 3 is 2.46 bits per heavy atom. The van der Waals surface area contributed by atoms with E-state index >= 15 is 0 Å². The molecule has 0 atom stereocenters. The average molecular weight is 362 g/mol. The third-order valence-electron chi connectivity index (χ3n) is 3.36. The fourth-order valence-electron chi connectivity index (χ4n) is 2.33. The molecule has 0 bridgehead atoms. The van der Waals surface area contributed by atoms with Crippen LogP contribution in [0.5, 0.6) is 0 Å². The van der Waals surface area contributed by atoms with E-state index < -0.39 is 6.03 Å². The molecule has 2 aromatic heterocycles. The van der Waals surface area contributed by atoms with Gasteiger partial charge in [-0.25, -0.2) is 14.8 Å². The molecule has 0 saturated carbocycles. The molecule has 6 nitrogen and oxygen atoms in total. The summed E-state index contributed by atoms with van der Waals surface area (Å²) in [6.45, 7) is 1.94. The van der Waals surface area contributed by atoms with E-state index in [2.05, 4.69) is 15.4 Å². The number of hydrazine groups is 1. The predicted molar refractivity (Wildman–Crippen MR) is 96.4 cm³/mol. The van der Waals surface area contributed by atoms with Gasteiger partial charge in [-0.05, 0) is 24.6 Å². The highest BCUT2D eigenvalue weighted by Gasteiger charge is 2.16. The van der Waals surface area contributed by atoms with E-state index in [1.807, 2.05) is 31.2 Å². The minimum atomic E-state index is -0.721. The Bertz CT molecular complexity index is 911. The molecule has 0 unspecified atom stereocenters. The summed E-state index contributed by atoms with van der Waals surface area (Å²) in [7, 11) is 0. The number of urea groups is 1. The molecule has 0 aliphatic carbocycles. The Hall–Kier alpha value is -2.57. The van der Waals surface area contributed by atoms with Crippen molar-refractivity contribution in [2.24, 2.45) is 5.73 Å². The number of rotatable bonds is 3. The molecule has 0 aliphatic rings. The summed E-state index contributed by atoms with van der Waals surface area (Å²) in [6, 6.07) is 11.7. The molecule has 0 aliphatic heterocycles. The molecular formula is C16H13Cl2N5O. The van der Waals surface area contributed by atoms with Crippen LogP contribution in [0.1, 0.15) is 5.56 Å². The fraction of sp³-hybridized carbons (Fsp3) is 0.0625. The third kappa shape index (κ3) is 3.34. The Morgan fingerprint density at radius 2 is 1.79 bits per heavy atom. The number of benzene rings is 1. The molecule has 2 heterocycles. The van der Waals surface area contributed by atoms with Gasteiger partial charge in [0.15, 0.2) is 5.82 Å². The highest BCUT2D eigenvalue weighted by Crippen LogP contribution is 2.24. The monoisotopic (exact) mass is 361 g/mol. The normalized spacial score (nSPS) is 10.6. The van der Waals surface area contributed by atoms with E-state index in [-0.39, 0.29) is 10.3 Å². The molecule has 0 saturated heterocycles. The van der Waals surface area contributed by atoms with Crippen molar-refractivity contribution >= 4 is 51.6 Å². The van der Waals surface area contributed by atoms with Gasteiger partial charge >= 0.3 is 6.03 Å². The SMILES string of the molecule is Cc1cc(N(Nc2cc(Cl)nc(Cl)c2)C(N)=O)nc2ccccc12. The molecule has 0 fully saturated rings. The zero-order chi connectivity index (χ0) is 17.3. The van der Waals surface area contributed by atoms with E-state index in [0.29, 0.717) is 11.5 Å². The lowest BCUT2D eigenvalue weighted by atomic mass is 10.1. The summed E-state index contributed by atoms with van der Waals surface area (Å²) in [5, 5.41) is 2.51. The van der Waals surface area contributed by atoms with Crippen LogP contribution < -0.4 is 16.2 Å². The number of pyridine rings is 2. The number of nitrogens with one attached hydrogen (secondary N) is 1. The van der Waals surface area contributed by atoms with Gasteiger partial charge in [0.2, 0.25) is 0 Å². The number of aryl methyl sites for hydroxylation is 1. The topological polar surface area (TPSA) is 84.1 Å². The van der Waals surface area contributed by atoms with Gasteiger partial charge in [0.25, 0.3) is 0 Å². The number of hydrogen-bond donors (Lipinski definition) is 2. The van der Waals surface area contributed by atoms with Crippen molar-refractivity contribution in [2.45, 2.75) is 6.92 Å². The number of aromatic nitrogens is 2. The Kier molecular flexibility index (Phi) is 4.42. The van der Waals surface area contributed by atoms with E-state index in [9.17, 15) is 4.79 Å². The van der Waals surface area contributed by atoms with Gasteiger partial charge in [-0.1, -0.05) is 41.4 Å². The summed E-state index contributed by atoms with van der Waals surface area (Å²) in [5.74, 6) is 0.364. The van der Waals surface area contributed by atoms with Gasteiger partial charge < -0.3 is 5.73 Å². The van der Waals surface area contributed by atoms with Crippen LogP contribution in [0, 0.1) is 6.92 Å². The van der Waals surface area contributed by atoms with Gasteiger partial charge in [-0.2, -0.15) is 5.01 Å². The van der Waals surface area contributed by atoms with Crippen molar-refractivity contribution in [1.82, 2.24) is 9.97 Å². The summed E-state index contributed by atoms with van der Waals surface area (Å²) >= 11 is 11.8. The van der Waals surface area contributed by atoms with Crippen LogP contribution in [0.4, 0.5) is 16.3 Å². The fourth-order valence-corrected chi connectivity index (χ4v) is 2.79. The van der Waals surface area contributed by atoms with Crippen LogP contribution in [-0.2, 0) is 0 Å². The first-order chi connectivity index (χ1) is 11.4. The number of anilines is 2. The predicted octanol–water partition coefficient (Wildman–Crippen LogP) is 4.16. The molecule has 2 amide bonds. The molecule has 3 aromatic rings. The zero-order valence-electron chi connectivity index (χ0n) is 12.6. The highest BCUT2D eigenvalue weighted by atomic mass is 35.5. The molecule has 1 aromatic carbocycles. The maximum Gasteiger partial charge on any atom is 0.339 e. The van der Waals surface area contributed by atoms with Crippen molar-refractivity contribution in [1.29, 1.82) is 0 Å². The number of nitrogens with two attached hydrogens (primary N) is 1. The summed E-state index contributed by atoms with van der Waals surface area (Å²) < 4.78 is 0. The minimum Gasteiger partial charge on any atom is -0.350 e. The van der Waals surface area contributed by atoms with Gasteiger partial charge in [-0.15, -0.1) is 0 Å². The van der Waals surface area contributed by atoms with Crippen molar-refractivity contribution in [3.8, 4) is 0 Å². The Morgan fingerprint density at radius 1 is 1.12 bits per heavy atom. The third-order valence-corrected chi connectivity index (χ3v) is 3.75. The van der Waals surface area contributed by atoms with E-state index in [1.165, 1.54) is 12.1 Å². The Balaban J connectivity index is 2.04. The molecule has 24 heavy (non-hydrogen) atoms. The molecular weight excluding hydrogens is 349 g/mol. The smallest absolute Gasteiger partial charge is 0.339 e. The van der Waals surface area contributed by atoms with Crippen LogP contribution in [0.3, 0.4) is 0 Å². The van der Waals surface area contributed by atoms with E-state index in [1.54, 1.807) is 6.07 Å². The second kappa shape index (κ2) is 6.51. The number of carbonyl (C=O) groups excluding carboxylic acids is 1. The lowest BCUT2D eigenvalue weighted by molar-refractivity contribution is 0.255. The van der Waals surface area contributed by atoms with E-state index in [0.717, 1.165) is 21.5 Å². The van der Waals surface area contributed by atoms with Crippen LogP contribution in [0.2, 0.25) is 10.3 Å². The Labute approximate surface area is 148 Å². The second-order valence-electron chi connectivity index (χ2n) is 5.10. The first-order valence-corrected chi connectivity index (χ1v) is 7.75. The summed E-state index contributed by atoms with van der Waals surface area (Å²) in [4.78, 5) is 20.2. The second-order valence-corrected chi connectivity index (χ2v) is 5.88. The summed E-state index contributed by atoms with van der Waals surface area (Å²) in [6.07, 6.45) is 0. The molecule has 0 spiro atoms. The maximum absolute atomic E-state index is 11.9. The van der Waals surface area contributed by atoms with Crippen molar-refractivity contribution in [3.05, 3.63) is 58.3 Å². The highest BCUT2D eigenvalue weighted by molar-refractivity contribution is 6.32. The molecule has 3 rings (SSSR count). The van der Waals surface area contributed by atoms with Crippen molar-refractivity contribution in [2.75, 3.05) is 10.4 Å². The van der Waals surface area contributed by atoms with Gasteiger partial charge in [0, 0.05) is 17.5 Å². The standard InChI is InChI=1S/C16H13Cl2N5O/c1-9-6-15(20-12-5-3-2-4-11(9)12)23(16(19)24)22-10-7-13(17)21-14(18)8-10/h2-8H,1H3,(H2,19,24)(H,21,22). The quantitative estimate of drug-likeness (QED) is 0.541.